The fraction of sp³-hybridized carbons (Fsp3) is 0. The topological polar surface area (TPSA) is 92.2 Å². The second-order valence-electron chi connectivity index (χ2n) is 3.67. The van der Waals surface area contributed by atoms with Gasteiger partial charge in [0, 0.05) is 28.1 Å². The van der Waals surface area contributed by atoms with Crippen LogP contribution in [0.1, 0.15) is 21.0 Å². The van der Waals surface area contributed by atoms with Crippen LogP contribution < -0.4 is 5.32 Å². The number of rotatable bonds is 3. The lowest BCUT2D eigenvalue weighted by Gasteiger charge is -2.07. The smallest absolute Gasteiger partial charge is 0.356 e. The lowest BCUT2D eigenvalue weighted by Crippen LogP contribution is -2.19. The second kappa shape index (κ2) is 5.85. The molecule has 0 aliphatic carbocycles. The molecule has 8 heteroatoms. The minimum absolute atomic E-state index is 0.295. The first-order valence-electron chi connectivity index (χ1n) is 5.29. The third-order valence-corrected chi connectivity index (χ3v) is 2.67. The van der Waals surface area contributed by atoms with Gasteiger partial charge < -0.3 is 10.4 Å². The number of carboxylic acid groups (broad SMARTS) is 1. The number of carboxylic acids is 1. The summed E-state index contributed by atoms with van der Waals surface area (Å²) in [6.45, 7) is 0. The number of amides is 1. The Bertz CT molecular complexity index is 671. The summed E-state index contributed by atoms with van der Waals surface area (Å²) in [4.78, 5) is 30.3. The Hall–Kier alpha value is -2.18. The van der Waals surface area contributed by atoms with E-state index in [1.807, 2.05) is 0 Å². The van der Waals surface area contributed by atoms with Crippen molar-refractivity contribution >= 4 is 40.8 Å². The average molecular weight is 312 g/mol. The molecule has 1 amide bonds. The molecule has 20 heavy (non-hydrogen) atoms. The van der Waals surface area contributed by atoms with E-state index in [-0.39, 0.29) is 5.69 Å². The van der Waals surface area contributed by atoms with Crippen LogP contribution in [0.15, 0.2) is 30.6 Å². The Morgan fingerprint density at radius 2 is 1.55 bits per heavy atom. The molecule has 0 spiro atoms. The van der Waals surface area contributed by atoms with Gasteiger partial charge in [-0.2, -0.15) is 0 Å². The highest BCUT2D eigenvalue weighted by atomic mass is 35.5. The number of carbonyl (C=O) groups excluding carboxylic acids is 1. The van der Waals surface area contributed by atoms with Gasteiger partial charge in [0.15, 0.2) is 11.4 Å². The number of aromatic nitrogens is 2. The van der Waals surface area contributed by atoms with E-state index in [1.165, 1.54) is 30.6 Å². The van der Waals surface area contributed by atoms with Crippen LogP contribution in [0.4, 0.5) is 5.69 Å². The number of hydrogen-bond acceptors (Lipinski definition) is 4. The molecule has 0 saturated carbocycles. The maximum atomic E-state index is 12.0. The van der Waals surface area contributed by atoms with E-state index >= 15 is 0 Å². The van der Waals surface area contributed by atoms with Gasteiger partial charge in [-0.3, -0.25) is 4.79 Å². The van der Waals surface area contributed by atoms with Gasteiger partial charge in [-0.05, 0) is 18.2 Å². The maximum absolute atomic E-state index is 12.0. The zero-order valence-corrected chi connectivity index (χ0v) is 11.3. The number of nitrogens with one attached hydrogen (secondary N) is 1. The molecule has 2 rings (SSSR count). The van der Waals surface area contributed by atoms with Crippen LogP contribution in [-0.4, -0.2) is 27.0 Å². The predicted octanol–water partition coefficient (Wildman–Crippen LogP) is 2.73. The molecule has 0 bridgehead atoms. The first-order valence-corrected chi connectivity index (χ1v) is 6.04. The van der Waals surface area contributed by atoms with Gasteiger partial charge >= 0.3 is 5.97 Å². The second-order valence-corrected chi connectivity index (χ2v) is 4.54. The Morgan fingerprint density at radius 1 is 1.00 bits per heavy atom. The van der Waals surface area contributed by atoms with Crippen LogP contribution >= 0.6 is 23.2 Å². The highest BCUT2D eigenvalue weighted by Crippen LogP contribution is 2.22. The molecule has 1 aromatic carbocycles. The summed E-state index contributed by atoms with van der Waals surface area (Å²) < 4.78 is 0. The van der Waals surface area contributed by atoms with Gasteiger partial charge in [-0.25, -0.2) is 14.8 Å². The minimum Gasteiger partial charge on any atom is -0.476 e. The number of benzene rings is 1. The first-order chi connectivity index (χ1) is 9.47. The number of nitrogens with zero attached hydrogens (tertiary/aromatic N) is 2. The Kier molecular flexibility index (Phi) is 4.16. The van der Waals surface area contributed by atoms with Crippen molar-refractivity contribution in [1.82, 2.24) is 9.97 Å². The predicted molar refractivity (Wildman–Crippen MR) is 73.4 cm³/mol. The maximum Gasteiger partial charge on any atom is 0.356 e. The number of aromatic carboxylic acids is 1. The van der Waals surface area contributed by atoms with Crippen molar-refractivity contribution in [3.05, 3.63) is 52.0 Å². The fourth-order valence-electron chi connectivity index (χ4n) is 1.48. The molecule has 0 atom stereocenters. The van der Waals surface area contributed by atoms with E-state index in [0.29, 0.717) is 15.7 Å². The summed E-state index contributed by atoms with van der Waals surface area (Å²) in [6.07, 6.45) is 2.42. The molecule has 2 N–H and O–H groups in total. The van der Waals surface area contributed by atoms with E-state index in [1.54, 1.807) is 0 Å². The molecule has 6 nitrogen and oxygen atoms in total. The monoisotopic (exact) mass is 311 g/mol. The van der Waals surface area contributed by atoms with Gasteiger partial charge in [0.25, 0.3) is 5.91 Å². The molecular weight excluding hydrogens is 305 g/mol. The van der Waals surface area contributed by atoms with Gasteiger partial charge in [0.05, 0.1) is 0 Å². The number of carbonyl (C=O) groups is 2. The van der Waals surface area contributed by atoms with Gasteiger partial charge in [-0.1, -0.05) is 23.2 Å². The molecule has 0 radical (unpaired) electrons. The first kappa shape index (κ1) is 14.2. The Labute approximate surface area is 123 Å². The van der Waals surface area contributed by atoms with Crippen molar-refractivity contribution in [2.24, 2.45) is 0 Å². The van der Waals surface area contributed by atoms with Crippen molar-refractivity contribution in [2.75, 3.05) is 5.32 Å². The van der Waals surface area contributed by atoms with Crippen LogP contribution in [0.3, 0.4) is 0 Å². The van der Waals surface area contributed by atoms with E-state index in [9.17, 15) is 9.59 Å². The van der Waals surface area contributed by atoms with Gasteiger partial charge in [0.2, 0.25) is 0 Å². The molecule has 102 valence electrons. The van der Waals surface area contributed by atoms with E-state index in [2.05, 4.69) is 15.3 Å². The van der Waals surface area contributed by atoms with E-state index < -0.39 is 17.6 Å². The van der Waals surface area contributed by atoms with Crippen molar-refractivity contribution in [1.29, 1.82) is 0 Å². The minimum atomic E-state index is -1.34. The highest BCUT2D eigenvalue weighted by molar-refractivity contribution is 6.35. The van der Waals surface area contributed by atoms with Crippen LogP contribution in [0.2, 0.25) is 10.0 Å². The van der Waals surface area contributed by atoms with Crippen LogP contribution in [-0.2, 0) is 0 Å². The third-order valence-electron chi connectivity index (χ3n) is 2.24. The van der Waals surface area contributed by atoms with Crippen LogP contribution in [0.25, 0.3) is 0 Å². The largest absolute Gasteiger partial charge is 0.476 e. The SMILES string of the molecule is O=C(O)c1nccnc1C(=O)Nc1cc(Cl)cc(Cl)c1. The average Bonchev–Trinajstić information content (AvgIpc) is 2.37. The zero-order valence-electron chi connectivity index (χ0n) is 9.80. The summed E-state index contributed by atoms with van der Waals surface area (Å²) in [5.74, 6) is -2.05. The van der Waals surface area contributed by atoms with Crippen molar-refractivity contribution < 1.29 is 14.7 Å². The van der Waals surface area contributed by atoms with E-state index in [0.717, 1.165) is 0 Å². The van der Waals surface area contributed by atoms with E-state index in [4.69, 9.17) is 28.3 Å². The fourth-order valence-corrected chi connectivity index (χ4v) is 2.00. The lowest BCUT2D eigenvalue weighted by atomic mass is 10.2. The molecule has 0 saturated heterocycles. The summed E-state index contributed by atoms with van der Waals surface area (Å²) >= 11 is 11.6. The van der Waals surface area contributed by atoms with Crippen LogP contribution in [0, 0.1) is 0 Å². The van der Waals surface area contributed by atoms with Crippen LogP contribution in [0.5, 0.6) is 0 Å². The summed E-state index contributed by atoms with van der Waals surface area (Å²) in [7, 11) is 0. The molecule has 1 heterocycles. The normalized spacial score (nSPS) is 10.1. The number of hydrogen-bond donors (Lipinski definition) is 2. The third kappa shape index (κ3) is 3.23. The quantitative estimate of drug-likeness (QED) is 0.909. The molecular formula is C12H7Cl2N3O3. The Morgan fingerprint density at radius 3 is 2.10 bits per heavy atom. The molecule has 1 aromatic heterocycles. The van der Waals surface area contributed by atoms with Crippen molar-refractivity contribution in [2.45, 2.75) is 0 Å². The molecule has 0 unspecified atom stereocenters. The lowest BCUT2D eigenvalue weighted by molar-refractivity contribution is 0.0685. The highest BCUT2D eigenvalue weighted by Gasteiger charge is 2.19. The molecule has 0 fully saturated rings. The molecule has 0 aliphatic rings. The zero-order chi connectivity index (χ0) is 14.7. The summed E-state index contributed by atoms with van der Waals surface area (Å²) in [5.41, 5.74) is -0.399. The van der Waals surface area contributed by atoms with Gasteiger partial charge in [-0.15, -0.1) is 0 Å². The summed E-state index contributed by atoms with van der Waals surface area (Å²) in [5, 5.41) is 12.1. The van der Waals surface area contributed by atoms with Crippen molar-refractivity contribution in [3.63, 3.8) is 0 Å². The summed E-state index contributed by atoms with van der Waals surface area (Å²) in [6, 6.07) is 4.45. The number of halogens is 2. The van der Waals surface area contributed by atoms with Crippen molar-refractivity contribution in [3.8, 4) is 0 Å². The molecule has 2 aromatic rings. The van der Waals surface area contributed by atoms with Gasteiger partial charge in [0.1, 0.15) is 0 Å². The molecule has 0 aliphatic heterocycles. The standard InChI is InChI=1S/C12H7Cl2N3O3/c13-6-3-7(14)5-8(4-6)17-11(18)9-10(12(19)20)16-2-1-15-9/h1-5H,(H,17,18)(H,19,20). The Balaban J connectivity index is 2.31. The number of anilines is 1.